The second-order valence-corrected chi connectivity index (χ2v) is 7.35. The molecule has 0 unspecified atom stereocenters. The van der Waals surface area contributed by atoms with Crippen LogP contribution in [0, 0.1) is 0 Å². The van der Waals surface area contributed by atoms with Gasteiger partial charge in [-0.3, -0.25) is 4.79 Å². The number of carbonyl (C=O) groups excluding carboxylic acids is 1. The molecule has 0 radical (unpaired) electrons. The molecule has 1 aliphatic carbocycles. The first kappa shape index (κ1) is 15.8. The number of hydrogen-bond donors (Lipinski definition) is 2. The molecule has 1 saturated carbocycles. The topological polar surface area (TPSA) is 75.6 Å². The molecule has 21 heavy (non-hydrogen) atoms. The predicted octanol–water partition coefficient (Wildman–Crippen LogP) is 2.79. The average molecular weight is 311 g/mol. The Balaban J connectivity index is 1.96. The van der Waals surface area contributed by atoms with Gasteiger partial charge in [-0.1, -0.05) is 20.8 Å². The molecule has 1 aromatic heterocycles. The van der Waals surface area contributed by atoms with Crippen molar-refractivity contribution in [2.75, 3.05) is 6.61 Å². The monoisotopic (exact) mass is 311 g/mol. The Morgan fingerprint density at radius 3 is 2.62 bits per heavy atom. The van der Waals surface area contributed by atoms with Gasteiger partial charge >= 0.3 is 5.97 Å². The van der Waals surface area contributed by atoms with Crippen LogP contribution in [-0.4, -0.2) is 29.6 Å². The third-order valence-corrected chi connectivity index (χ3v) is 4.69. The quantitative estimate of drug-likeness (QED) is 0.847. The van der Waals surface area contributed by atoms with Crippen molar-refractivity contribution in [1.29, 1.82) is 0 Å². The minimum Gasteiger partial charge on any atom is -0.491 e. The first-order valence-electron chi connectivity index (χ1n) is 7.07. The number of carboxylic acids is 1. The second kappa shape index (κ2) is 6.05. The molecule has 0 aromatic carbocycles. The van der Waals surface area contributed by atoms with Gasteiger partial charge in [0, 0.05) is 10.9 Å². The molecule has 0 spiro atoms. The first-order valence-corrected chi connectivity index (χ1v) is 7.89. The Kier molecular flexibility index (Phi) is 4.56. The highest BCUT2D eigenvalue weighted by atomic mass is 32.1. The van der Waals surface area contributed by atoms with Gasteiger partial charge in [-0.25, -0.2) is 4.79 Å². The van der Waals surface area contributed by atoms with Crippen LogP contribution in [0.5, 0.6) is 5.75 Å². The highest BCUT2D eigenvalue weighted by Gasteiger charge is 2.25. The summed E-state index contributed by atoms with van der Waals surface area (Å²) in [7, 11) is 0. The zero-order valence-corrected chi connectivity index (χ0v) is 13.4. The van der Waals surface area contributed by atoms with Gasteiger partial charge in [-0.15, -0.1) is 11.3 Å². The maximum atomic E-state index is 11.6. The fourth-order valence-electron chi connectivity index (χ4n) is 1.78. The van der Waals surface area contributed by atoms with Crippen LogP contribution in [0.1, 0.15) is 54.6 Å². The molecule has 1 heterocycles. The molecule has 0 bridgehead atoms. The van der Waals surface area contributed by atoms with Crippen molar-refractivity contribution in [3.63, 3.8) is 0 Å². The lowest BCUT2D eigenvalue weighted by molar-refractivity contribution is -0.121. The maximum Gasteiger partial charge on any atom is 0.349 e. The zero-order valence-electron chi connectivity index (χ0n) is 12.6. The SMILES string of the molecule is CC(C)(C)c1cc(OCCC(=O)NC2CC2)c(C(=O)O)s1. The van der Waals surface area contributed by atoms with E-state index < -0.39 is 5.97 Å². The van der Waals surface area contributed by atoms with Crippen molar-refractivity contribution in [1.82, 2.24) is 5.32 Å². The van der Waals surface area contributed by atoms with E-state index in [0.29, 0.717) is 11.8 Å². The molecular formula is C15H21NO4S. The number of hydrogen-bond acceptors (Lipinski definition) is 4. The summed E-state index contributed by atoms with van der Waals surface area (Å²) in [4.78, 5) is 24.0. The van der Waals surface area contributed by atoms with Crippen molar-refractivity contribution >= 4 is 23.2 Å². The molecule has 2 rings (SSSR count). The molecule has 1 aliphatic rings. The van der Waals surface area contributed by atoms with Crippen LogP contribution in [0.2, 0.25) is 0 Å². The van der Waals surface area contributed by atoms with Gasteiger partial charge in [0.1, 0.15) is 5.75 Å². The Morgan fingerprint density at radius 2 is 2.10 bits per heavy atom. The normalized spacial score (nSPS) is 14.8. The third-order valence-electron chi connectivity index (χ3n) is 3.16. The number of aromatic carboxylic acids is 1. The Labute approximate surface area is 128 Å². The van der Waals surface area contributed by atoms with Crippen LogP contribution in [0.4, 0.5) is 0 Å². The number of nitrogens with one attached hydrogen (secondary N) is 1. The van der Waals surface area contributed by atoms with Gasteiger partial charge in [0.2, 0.25) is 5.91 Å². The fourth-order valence-corrected chi connectivity index (χ4v) is 2.78. The molecule has 0 atom stereocenters. The first-order chi connectivity index (χ1) is 9.77. The number of thiophene rings is 1. The zero-order chi connectivity index (χ0) is 15.6. The van der Waals surface area contributed by atoms with E-state index >= 15 is 0 Å². The Morgan fingerprint density at radius 1 is 1.43 bits per heavy atom. The molecule has 1 fully saturated rings. The smallest absolute Gasteiger partial charge is 0.349 e. The number of carbonyl (C=O) groups is 2. The number of rotatable bonds is 6. The summed E-state index contributed by atoms with van der Waals surface area (Å²) in [5, 5.41) is 12.1. The van der Waals surface area contributed by atoms with Crippen LogP contribution >= 0.6 is 11.3 Å². The predicted molar refractivity (Wildman–Crippen MR) is 81.3 cm³/mol. The number of amides is 1. The second-order valence-electron chi connectivity index (χ2n) is 6.30. The van der Waals surface area contributed by atoms with Crippen LogP contribution in [0.15, 0.2) is 6.07 Å². The maximum absolute atomic E-state index is 11.6. The Hall–Kier alpha value is -1.56. The molecular weight excluding hydrogens is 290 g/mol. The highest BCUT2D eigenvalue weighted by Crippen LogP contribution is 2.36. The minimum absolute atomic E-state index is 0.0411. The fraction of sp³-hybridized carbons (Fsp3) is 0.600. The molecule has 0 saturated heterocycles. The average Bonchev–Trinajstić information content (AvgIpc) is 3.04. The van der Waals surface area contributed by atoms with Crippen molar-refractivity contribution in [3.05, 3.63) is 15.8 Å². The standard InChI is InChI=1S/C15H21NO4S/c1-15(2,3)11-8-10(13(21-11)14(18)19)20-7-6-12(17)16-9-4-5-9/h8-9H,4-7H2,1-3H3,(H,16,17)(H,18,19). The Bertz CT molecular complexity index is 540. The van der Waals surface area contributed by atoms with Gasteiger partial charge in [0.25, 0.3) is 0 Å². The summed E-state index contributed by atoms with van der Waals surface area (Å²) in [5.41, 5.74) is -0.125. The molecule has 6 heteroatoms. The van der Waals surface area contributed by atoms with Crippen molar-refractivity contribution in [3.8, 4) is 5.75 Å². The molecule has 0 aliphatic heterocycles. The van der Waals surface area contributed by atoms with Crippen molar-refractivity contribution in [2.24, 2.45) is 0 Å². The number of ether oxygens (including phenoxy) is 1. The summed E-state index contributed by atoms with van der Waals surface area (Å²) < 4.78 is 5.52. The van der Waals surface area contributed by atoms with Crippen LogP contribution < -0.4 is 10.1 Å². The summed E-state index contributed by atoms with van der Waals surface area (Å²) in [5.74, 6) is -0.676. The van der Waals surface area contributed by atoms with Crippen molar-refractivity contribution < 1.29 is 19.4 Å². The van der Waals surface area contributed by atoms with Gasteiger partial charge in [0.15, 0.2) is 4.88 Å². The minimum atomic E-state index is -0.993. The van der Waals surface area contributed by atoms with Crippen LogP contribution in [-0.2, 0) is 10.2 Å². The van der Waals surface area contributed by atoms with E-state index in [1.165, 1.54) is 11.3 Å². The van der Waals surface area contributed by atoms with E-state index in [-0.39, 0.29) is 29.2 Å². The summed E-state index contributed by atoms with van der Waals surface area (Å²) in [6.07, 6.45) is 2.35. The van der Waals surface area contributed by atoms with E-state index in [4.69, 9.17) is 4.74 Å². The lowest BCUT2D eigenvalue weighted by Gasteiger charge is -2.14. The lowest BCUT2D eigenvalue weighted by atomic mass is 9.95. The van der Waals surface area contributed by atoms with E-state index in [1.54, 1.807) is 6.07 Å². The van der Waals surface area contributed by atoms with E-state index in [9.17, 15) is 14.7 Å². The van der Waals surface area contributed by atoms with Crippen molar-refractivity contribution in [2.45, 2.75) is 51.5 Å². The van der Waals surface area contributed by atoms with Gasteiger partial charge < -0.3 is 15.2 Å². The third kappa shape index (κ3) is 4.46. The highest BCUT2D eigenvalue weighted by molar-refractivity contribution is 7.14. The molecule has 116 valence electrons. The van der Waals surface area contributed by atoms with Crippen LogP contribution in [0.3, 0.4) is 0 Å². The van der Waals surface area contributed by atoms with Crippen LogP contribution in [0.25, 0.3) is 0 Å². The van der Waals surface area contributed by atoms with E-state index in [0.717, 1.165) is 17.7 Å². The van der Waals surface area contributed by atoms with Gasteiger partial charge in [-0.2, -0.15) is 0 Å². The van der Waals surface area contributed by atoms with E-state index in [1.807, 2.05) is 20.8 Å². The van der Waals surface area contributed by atoms with Gasteiger partial charge in [-0.05, 0) is 24.3 Å². The molecule has 2 N–H and O–H groups in total. The van der Waals surface area contributed by atoms with Gasteiger partial charge in [0.05, 0.1) is 13.0 Å². The lowest BCUT2D eigenvalue weighted by Crippen LogP contribution is -2.26. The molecule has 5 nitrogen and oxygen atoms in total. The molecule has 1 amide bonds. The summed E-state index contributed by atoms with van der Waals surface area (Å²) in [6, 6.07) is 2.10. The largest absolute Gasteiger partial charge is 0.491 e. The summed E-state index contributed by atoms with van der Waals surface area (Å²) in [6.45, 7) is 6.27. The van der Waals surface area contributed by atoms with E-state index in [2.05, 4.69) is 5.32 Å². The summed E-state index contributed by atoms with van der Waals surface area (Å²) >= 11 is 1.23. The molecule has 1 aromatic rings. The number of carboxylic acid groups (broad SMARTS) is 1.